The fourth-order valence-electron chi connectivity index (χ4n) is 2.83. The topological polar surface area (TPSA) is 22.0 Å². The van der Waals surface area contributed by atoms with Crippen molar-refractivity contribution in [2.24, 2.45) is 7.05 Å². The maximum atomic E-state index is 12.2. The number of nitrogens with zero attached hydrogens (tertiary/aromatic N) is 1. The molecule has 0 spiro atoms. The Labute approximate surface area is 124 Å². The van der Waals surface area contributed by atoms with E-state index >= 15 is 0 Å². The average Bonchev–Trinajstić information content (AvgIpc) is 2.51. The van der Waals surface area contributed by atoms with Gasteiger partial charge in [-0.05, 0) is 29.2 Å². The Morgan fingerprint density at radius 1 is 1.00 bits per heavy atom. The van der Waals surface area contributed by atoms with Crippen LogP contribution in [0.1, 0.15) is 18.9 Å². The van der Waals surface area contributed by atoms with Gasteiger partial charge in [0.25, 0.3) is 5.56 Å². The largest absolute Gasteiger partial charge is 0.311 e. The standard InChI is InChI=1S/C19H19NO/c1-3-7-14-8-6-9-15(12-14)17-13-19(21)20(2)18-11-5-4-10-16(17)18/h4-6,8-13H,3,7H2,1-2H3. The summed E-state index contributed by atoms with van der Waals surface area (Å²) in [6.45, 7) is 2.18. The first-order valence-corrected chi connectivity index (χ1v) is 7.39. The van der Waals surface area contributed by atoms with Crippen LogP contribution in [0.25, 0.3) is 22.0 Å². The van der Waals surface area contributed by atoms with Crippen LogP contribution < -0.4 is 5.56 Å². The molecule has 0 atom stereocenters. The molecular formula is C19H19NO. The molecular weight excluding hydrogens is 258 g/mol. The number of hydrogen-bond acceptors (Lipinski definition) is 1. The summed E-state index contributed by atoms with van der Waals surface area (Å²) in [5, 5.41) is 1.12. The monoisotopic (exact) mass is 277 g/mol. The molecule has 0 aliphatic rings. The third-order valence-electron chi connectivity index (χ3n) is 3.93. The van der Waals surface area contributed by atoms with Crippen LogP contribution in [0.3, 0.4) is 0 Å². The van der Waals surface area contributed by atoms with E-state index in [0.29, 0.717) is 0 Å². The fourth-order valence-corrected chi connectivity index (χ4v) is 2.83. The van der Waals surface area contributed by atoms with Crippen LogP contribution in [0.2, 0.25) is 0 Å². The molecule has 0 saturated carbocycles. The van der Waals surface area contributed by atoms with E-state index < -0.39 is 0 Å². The molecule has 1 aromatic heterocycles. The molecule has 0 bridgehead atoms. The molecule has 21 heavy (non-hydrogen) atoms. The minimum atomic E-state index is 0.0320. The van der Waals surface area contributed by atoms with Crippen LogP contribution in [-0.2, 0) is 13.5 Å². The summed E-state index contributed by atoms with van der Waals surface area (Å²) >= 11 is 0. The van der Waals surface area contributed by atoms with Crippen molar-refractivity contribution in [3.8, 4) is 11.1 Å². The van der Waals surface area contributed by atoms with Gasteiger partial charge in [-0.2, -0.15) is 0 Å². The van der Waals surface area contributed by atoms with E-state index in [1.165, 1.54) is 5.56 Å². The highest BCUT2D eigenvalue weighted by Crippen LogP contribution is 2.27. The molecule has 0 aliphatic heterocycles. The van der Waals surface area contributed by atoms with Gasteiger partial charge < -0.3 is 4.57 Å². The summed E-state index contributed by atoms with van der Waals surface area (Å²) in [6.07, 6.45) is 2.19. The summed E-state index contributed by atoms with van der Waals surface area (Å²) in [6, 6.07) is 18.3. The van der Waals surface area contributed by atoms with Crippen molar-refractivity contribution in [1.82, 2.24) is 4.57 Å². The quantitative estimate of drug-likeness (QED) is 0.704. The molecule has 106 valence electrons. The summed E-state index contributed by atoms with van der Waals surface area (Å²) in [4.78, 5) is 12.2. The van der Waals surface area contributed by atoms with Gasteiger partial charge in [0.2, 0.25) is 0 Å². The second-order valence-corrected chi connectivity index (χ2v) is 5.42. The van der Waals surface area contributed by atoms with Gasteiger partial charge in [-0.15, -0.1) is 0 Å². The first-order chi connectivity index (χ1) is 10.2. The van der Waals surface area contributed by atoms with Crippen LogP contribution in [0.5, 0.6) is 0 Å². The second-order valence-electron chi connectivity index (χ2n) is 5.42. The molecule has 0 fully saturated rings. The third-order valence-corrected chi connectivity index (χ3v) is 3.93. The summed E-state index contributed by atoms with van der Waals surface area (Å²) in [5.41, 5.74) is 4.46. The third kappa shape index (κ3) is 2.49. The highest BCUT2D eigenvalue weighted by molar-refractivity contribution is 5.94. The smallest absolute Gasteiger partial charge is 0.251 e. The molecule has 2 heteroatoms. The lowest BCUT2D eigenvalue weighted by Gasteiger charge is -2.11. The number of benzene rings is 2. The number of rotatable bonds is 3. The zero-order valence-corrected chi connectivity index (χ0v) is 12.5. The summed E-state index contributed by atoms with van der Waals surface area (Å²) in [7, 11) is 1.82. The van der Waals surface area contributed by atoms with E-state index in [1.807, 2.05) is 25.2 Å². The SMILES string of the molecule is CCCc1cccc(-c2cc(=O)n(C)c3ccccc23)c1. The molecule has 0 unspecified atom stereocenters. The summed E-state index contributed by atoms with van der Waals surface area (Å²) < 4.78 is 1.70. The molecule has 1 heterocycles. The molecule has 0 aliphatic carbocycles. The average molecular weight is 277 g/mol. The zero-order chi connectivity index (χ0) is 14.8. The fraction of sp³-hybridized carbons (Fsp3) is 0.211. The van der Waals surface area contributed by atoms with Crippen molar-refractivity contribution in [2.75, 3.05) is 0 Å². The molecule has 0 N–H and O–H groups in total. The van der Waals surface area contributed by atoms with Gasteiger partial charge in [0.1, 0.15) is 0 Å². The Balaban J connectivity index is 2.28. The molecule has 0 amide bonds. The van der Waals surface area contributed by atoms with Crippen molar-refractivity contribution in [3.63, 3.8) is 0 Å². The Morgan fingerprint density at radius 2 is 1.81 bits per heavy atom. The van der Waals surface area contributed by atoms with Gasteiger partial charge in [0, 0.05) is 18.5 Å². The first kappa shape index (κ1) is 13.6. The van der Waals surface area contributed by atoms with Gasteiger partial charge in [0.05, 0.1) is 5.52 Å². The van der Waals surface area contributed by atoms with Gasteiger partial charge in [0.15, 0.2) is 0 Å². The van der Waals surface area contributed by atoms with Crippen LogP contribution in [0.4, 0.5) is 0 Å². The van der Waals surface area contributed by atoms with Gasteiger partial charge in [-0.1, -0.05) is 55.8 Å². The minimum Gasteiger partial charge on any atom is -0.311 e. The van der Waals surface area contributed by atoms with Crippen LogP contribution in [0, 0.1) is 0 Å². The van der Waals surface area contributed by atoms with E-state index in [0.717, 1.165) is 34.9 Å². The molecule has 2 nitrogen and oxygen atoms in total. The van der Waals surface area contributed by atoms with Crippen LogP contribution >= 0.6 is 0 Å². The maximum Gasteiger partial charge on any atom is 0.251 e. The predicted molar refractivity (Wildman–Crippen MR) is 88.6 cm³/mol. The van der Waals surface area contributed by atoms with Crippen molar-refractivity contribution in [1.29, 1.82) is 0 Å². The highest BCUT2D eigenvalue weighted by atomic mass is 16.1. The first-order valence-electron chi connectivity index (χ1n) is 7.39. The minimum absolute atomic E-state index is 0.0320. The predicted octanol–water partition coefficient (Wildman–Crippen LogP) is 4.16. The van der Waals surface area contributed by atoms with Crippen molar-refractivity contribution < 1.29 is 0 Å². The molecule has 0 saturated heterocycles. The number of hydrogen-bond donors (Lipinski definition) is 0. The number of pyridine rings is 1. The zero-order valence-electron chi connectivity index (χ0n) is 12.5. The second kappa shape index (κ2) is 5.57. The number of aryl methyl sites for hydroxylation is 2. The van der Waals surface area contributed by atoms with E-state index in [9.17, 15) is 4.79 Å². The molecule has 3 rings (SSSR count). The van der Waals surface area contributed by atoms with Crippen LogP contribution in [-0.4, -0.2) is 4.57 Å². The highest BCUT2D eigenvalue weighted by Gasteiger charge is 2.08. The van der Waals surface area contributed by atoms with Crippen molar-refractivity contribution in [2.45, 2.75) is 19.8 Å². The summed E-state index contributed by atoms with van der Waals surface area (Å²) in [5.74, 6) is 0. The van der Waals surface area contributed by atoms with E-state index in [-0.39, 0.29) is 5.56 Å². The maximum absolute atomic E-state index is 12.2. The lowest BCUT2D eigenvalue weighted by Crippen LogP contribution is -2.16. The van der Waals surface area contributed by atoms with Gasteiger partial charge in [-0.3, -0.25) is 4.79 Å². The normalized spacial score (nSPS) is 11.0. The number of aromatic nitrogens is 1. The molecule has 2 aromatic carbocycles. The lowest BCUT2D eigenvalue weighted by molar-refractivity contribution is 0.906. The van der Waals surface area contributed by atoms with Gasteiger partial charge in [-0.25, -0.2) is 0 Å². The van der Waals surface area contributed by atoms with E-state index in [2.05, 4.69) is 37.3 Å². The number of fused-ring (bicyclic) bond motifs is 1. The Bertz CT molecular complexity index is 846. The Kier molecular flexibility index (Phi) is 3.61. The van der Waals surface area contributed by atoms with Crippen LogP contribution in [0.15, 0.2) is 59.4 Å². The Hall–Kier alpha value is -2.35. The van der Waals surface area contributed by atoms with Crippen molar-refractivity contribution >= 4 is 10.9 Å². The van der Waals surface area contributed by atoms with Crippen molar-refractivity contribution in [3.05, 3.63) is 70.5 Å². The lowest BCUT2D eigenvalue weighted by atomic mass is 9.98. The Morgan fingerprint density at radius 3 is 2.62 bits per heavy atom. The van der Waals surface area contributed by atoms with Gasteiger partial charge >= 0.3 is 0 Å². The van der Waals surface area contributed by atoms with E-state index in [4.69, 9.17) is 0 Å². The van der Waals surface area contributed by atoms with E-state index in [1.54, 1.807) is 10.6 Å². The molecule has 0 radical (unpaired) electrons. The number of para-hydroxylation sites is 1. The molecule has 3 aromatic rings.